The highest BCUT2D eigenvalue weighted by molar-refractivity contribution is 5.73. The summed E-state index contributed by atoms with van der Waals surface area (Å²) in [5.74, 6) is -0.273. The first-order chi connectivity index (χ1) is 7.54. The van der Waals surface area contributed by atoms with E-state index >= 15 is 0 Å². The average Bonchev–Trinajstić information content (AvgIpc) is 2.25. The third kappa shape index (κ3) is 3.32. The molecule has 1 aromatic rings. The molecule has 1 aromatic carbocycles. The van der Waals surface area contributed by atoms with Crippen molar-refractivity contribution in [3.63, 3.8) is 0 Å². The summed E-state index contributed by atoms with van der Waals surface area (Å²) in [6, 6.07) is 6.65. The second-order valence-corrected chi connectivity index (χ2v) is 3.85. The van der Waals surface area contributed by atoms with E-state index in [1.807, 2.05) is 19.1 Å². The van der Waals surface area contributed by atoms with Crippen LogP contribution in [0.2, 0.25) is 0 Å². The molecule has 4 nitrogen and oxygen atoms in total. The molecule has 0 radical (unpaired) electrons. The van der Waals surface area contributed by atoms with Crippen molar-refractivity contribution in [2.24, 2.45) is 0 Å². The van der Waals surface area contributed by atoms with Crippen LogP contribution in [-0.4, -0.2) is 28.8 Å². The van der Waals surface area contributed by atoms with Gasteiger partial charge in [-0.25, -0.2) is 0 Å². The number of hydrogen-bond acceptors (Lipinski definition) is 3. The van der Waals surface area contributed by atoms with E-state index in [0.717, 1.165) is 5.56 Å². The first kappa shape index (κ1) is 12.7. The van der Waals surface area contributed by atoms with Gasteiger partial charge in [-0.15, -0.1) is 0 Å². The SMILES string of the molecule is CC(=O)NC(CO)C(O)c1ccc(C)cc1. The zero-order chi connectivity index (χ0) is 12.1. The Kier molecular flexibility index (Phi) is 4.46. The molecule has 0 saturated heterocycles. The molecule has 0 bridgehead atoms. The largest absolute Gasteiger partial charge is 0.394 e. The van der Waals surface area contributed by atoms with E-state index in [2.05, 4.69) is 5.32 Å². The highest BCUT2D eigenvalue weighted by Gasteiger charge is 2.20. The topological polar surface area (TPSA) is 69.6 Å². The van der Waals surface area contributed by atoms with Crippen LogP contribution >= 0.6 is 0 Å². The molecule has 1 rings (SSSR count). The van der Waals surface area contributed by atoms with E-state index in [4.69, 9.17) is 5.11 Å². The second-order valence-electron chi connectivity index (χ2n) is 3.85. The Hall–Kier alpha value is -1.39. The number of nitrogens with one attached hydrogen (secondary N) is 1. The Balaban J connectivity index is 2.78. The maximum absolute atomic E-state index is 10.9. The summed E-state index contributed by atoms with van der Waals surface area (Å²) in [4.78, 5) is 10.9. The molecule has 88 valence electrons. The van der Waals surface area contributed by atoms with E-state index in [1.165, 1.54) is 6.92 Å². The predicted octanol–water partition coefficient (Wildman–Crippen LogP) is 0.525. The minimum absolute atomic E-state index is 0.273. The molecular weight excluding hydrogens is 206 g/mol. The van der Waals surface area contributed by atoms with Crippen molar-refractivity contribution in [3.8, 4) is 0 Å². The van der Waals surface area contributed by atoms with Crippen LogP contribution in [0.15, 0.2) is 24.3 Å². The van der Waals surface area contributed by atoms with Gasteiger partial charge >= 0.3 is 0 Å². The molecule has 0 fully saturated rings. The number of carbonyl (C=O) groups excluding carboxylic acids is 1. The summed E-state index contributed by atoms with van der Waals surface area (Å²) >= 11 is 0. The molecule has 3 N–H and O–H groups in total. The van der Waals surface area contributed by atoms with E-state index in [0.29, 0.717) is 5.56 Å². The fraction of sp³-hybridized carbons (Fsp3) is 0.417. The van der Waals surface area contributed by atoms with Gasteiger partial charge in [-0.2, -0.15) is 0 Å². The van der Waals surface area contributed by atoms with Gasteiger partial charge in [-0.1, -0.05) is 29.8 Å². The smallest absolute Gasteiger partial charge is 0.217 e. The third-order valence-corrected chi connectivity index (χ3v) is 2.39. The lowest BCUT2D eigenvalue weighted by Crippen LogP contribution is -2.40. The number of benzene rings is 1. The van der Waals surface area contributed by atoms with Crippen LogP contribution in [0.5, 0.6) is 0 Å². The lowest BCUT2D eigenvalue weighted by Gasteiger charge is -2.21. The van der Waals surface area contributed by atoms with Crippen LogP contribution in [0.4, 0.5) is 0 Å². The maximum atomic E-state index is 10.9. The van der Waals surface area contributed by atoms with Crippen molar-refractivity contribution >= 4 is 5.91 Å². The summed E-state index contributed by atoms with van der Waals surface area (Å²) in [5.41, 5.74) is 1.77. The Morgan fingerprint density at radius 1 is 1.38 bits per heavy atom. The van der Waals surface area contributed by atoms with Crippen LogP contribution in [0.3, 0.4) is 0 Å². The van der Waals surface area contributed by atoms with Gasteiger partial charge in [0.2, 0.25) is 5.91 Å². The van der Waals surface area contributed by atoms with Gasteiger partial charge in [0.15, 0.2) is 0 Å². The predicted molar refractivity (Wildman–Crippen MR) is 60.8 cm³/mol. The molecule has 0 heterocycles. The Morgan fingerprint density at radius 3 is 2.38 bits per heavy atom. The van der Waals surface area contributed by atoms with E-state index in [1.54, 1.807) is 12.1 Å². The minimum Gasteiger partial charge on any atom is -0.394 e. The first-order valence-electron chi connectivity index (χ1n) is 5.17. The van der Waals surface area contributed by atoms with Gasteiger partial charge in [-0.3, -0.25) is 4.79 Å². The first-order valence-corrected chi connectivity index (χ1v) is 5.17. The molecule has 16 heavy (non-hydrogen) atoms. The maximum Gasteiger partial charge on any atom is 0.217 e. The third-order valence-electron chi connectivity index (χ3n) is 2.39. The van der Waals surface area contributed by atoms with Crippen molar-refractivity contribution in [1.29, 1.82) is 0 Å². The fourth-order valence-corrected chi connectivity index (χ4v) is 1.48. The monoisotopic (exact) mass is 223 g/mol. The van der Waals surface area contributed by atoms with E-state index in [-0.39, 0.29) is 12.5 Å². The van der Waals surface area contributed by atoms with Crippen LogP contribution in [0, 0.1) is 6.92 Å². The van der Waals surface area contributed by atoms with Gasteiger partial charge in [0, 0.05) is 6.92 Å². The number of amides is 1. The zero-order valence-electron chi connectivity index (χ0n) is 9.47. The molecular formula is C12H17NO3. The van der Waals surface area contributed by atoms with Crippen molar-refractivity contribution < 1.29 is 15.0 Å². The van der Waals surface area contributed by atoms with Crippen molar-refractivity contribution in [1.82, 2.24) is 5.32 Å². The average molecular weight is 223 g/mol. The zero-order valence-corrected chi connectivity index (χ0v) is 9.47. The molecule has 2 unspecified atom stereocenters. The summed E-state index contributed by atoms with van der Waals surface area (Å²) in [6.07, 6.45) is -0.894. The normalized spacial score (nSPS) is 14.2. The fourth-order valence-electron chi connectivity index (χ4n) is 1.48. The van der Waals surface area contributed by atoms with E-state index in [9.17, 15) is 9.90 Å². The Morgan fingerprint density at radius 2 is 1.94 bits per heavy atom. The Labute approximate surface area is 94.9 Å². The van der Waals surface area contributed by atoms with Crippen LogP contribution in [-0.2, 0) is 4.79 Å². The summed E-state index contributed by atoms with van der Waals surface area (Å²) in [7, 11) is 0. The molecule has 1 amide bonds. The van der Waals surface area contributed by atoms with Gasteiger partial charge in [0.25, 0.3) is 0 Å². The number of carbonyl (C=O) groups is 1. The molecule has 0 spiro atoms. The van der Waals surface area contributed by atoms with Crippen molar-refractivity contribution in [2.45, 2.75) is 26.0 Å². The summed E-state index contributed by atoms with van der Waals surface area (Å²) < 4.78 is 0. The van der Waals surface area contributed by atoms with Gasteiger partial charge < -0.3 is 15.5 Å². The number of aliphatic hydroxyl groups excluding tert-OH is 2. The second kappa shape index (κ2) is 5.63. The number of aliphatic hydroxyl groups is 2. The molecule has 4 heteroatoms. The molecule has 0 aliphatic rings. The highest BCUT2D eigenvalue weighted by atomic mass is 16.3. The molecule has 0 aromatic heterocycles. The number of rotatable bonds is 4. The van der Waals surface area contributed by atoms with Crippen LogP contribution < -0.4 is 5.32 Å². The molecule has 0 aliphatic carbocycles. The summed E-state index contributed by atoms with van der Waals surface area (Å²) in [5, 5.41) is 21.5. The molecule has 0 saturated carbocycles. The summed E-state index contributed by atoms with van der Waals surface area (Å²) in [6.45, 7) is 3.01. The number of aryl methyl sites for hydroxylation is 1. The molecule has 2 atom stereocenters. The van der Waals surface area contributed by atoms with Gasteiger partial charge in [0.05, 0.1) is 12.6 Å². The number of hydrogen-bond donors (Lipinski definition) is 3. The Bertz CT molecular complexity index is 348. The van der Waals surface area contributed by atoms with Gasteiger partial charge in [-0.05, 0) is 12.5 Å². The van der Waals surface area contributed by atoms with Crippen LogP contribution in [0.1, 0.15) is 24.2 Å². The highest BCUT2D eigenvalue weighted by Crippen LogP contribution is 2.17. The van der Waals surface area contributed by atoms with Gasteiger partial charge in [0.1, 0.15) is 6.10 Å². The van der Waals surface area contributed by atoms with Crippen molar-refractivity contribution in [3.05, 3.63) is 35.4 Å². The van der Waals surface area contributed by atoms with Crippen LogP contribution in [0.25, 0.3) is 0 Å². The minimum atomic E-state index is -0.894. The lowest BCUT2D eigenvalue weighted by atomic mass is 10.0. The van der Waals surface area contributed by atoms with Crippen molar-refractivity contribution in [2.75, 3.05) is 6.61 Å². The quantitative estimate of drug-likeness (QED) is 0.697. The lowest BCUT2D eigenvalue weighted by molar-refractivity contribution is -0.121. The van der Waals surface area contributed by atoms with E-state index < -0.39 is 12.1 Å². The molecule has 0 aliphatic heterocycles. The standard InChI is InChI=1S/C12H17NO3/c1-8-3-5-10(6-4-8)12(16)11(7-14)13-9(2)15/h3-6,11-12,14,16H,7H2,1-2H3,(H,13,15).